The monoisotopic (exact) mass is 494 g/mol. The van der Waals surface area contributed by atoms with Crippen LogP contribution in [0.4, 0.5) is 5.69 Å². The summed E-state index contributed by atoms with van der Waals surface area (Å²) in [6, 6.07) is 20.3. The van der Waals surface area contributed by atoms with Crippen molar-refractivity contribution >= 4 is 56.6 Å². The van der Waals surface area contributed by atoms with Crippen LogP contribution in [-0.4, -0.2) is 26.6 Å². The summed E-state index contributed by atoms with van der Waals surface area (Å²) >= 11 is 13.7. The third-order valence-electron chi connectivity index (χ3n) is 4.20. The van der Waals surface area contributed by atoms with Gasteiger partial charge in [-0.2, -0.15) is 11.8 Å². The van der Waals surface area contributed by atoms with Crippen molar-refractivity contribution in [2.24, 2.45) is 0 Å². The van der Waals surface area contributed by atoms with Gasteiger partial charge in [0.25, 0.3) is 15.9 Å². The summed E-state index contributed by atoms with van der Waals surface area (Å²) < 4.78 is 27.9. The number of sulfonamides is 1. The molecule has 0 radical (unpaired) electrons. The third-order valence-corrected chi connectivity index (χ3v) is 7.33. The van der Waals surface area contributed by atoms with E-state index in [2.05, 4.69) is 10.0 Å². The van der Waals surface area contributed by atoms with Gasteiger partial charge in [-0.15, -0.1) is 0 Å². The molecule has 3 rings (SSSR count). The summed E-state index contributed by atoms with van der Waals surface area (Å²) in [7, 11) is -3.94. The lowest BCUT2D eigenvalue weighted by Gasteiger charge is -2.11. The van der Waals surface area contributed by atoms with Gasteiger partial charge >= 0.3 is 0 Å². The highest BCUT2D eigenvalue weighted by atomic mass is 35.5. The fraction of sp³-hybridized carbons (Fsp3) is 0.136. The van der Waals surface area contributed by atoms with Crippen molar-refractivity contribution in [3.8, 4) is 0 Å². The van der Waals surface area contributed by atoms with E-state index in [4.69, 9.17) is 23.2 Å². The van der Waals surface area contributed by atoms with Crippen LogP contribution in [0.25, 0.3) is 0 Å². The number of para-hydroxylation sites is 1. The van der Waals surface area contributed by atoms with Crippen molar-refractivity contribution in [1.82, 2.24) is 5.32 Å². The minimum atomic E-state index is -3.94. The maximum Gasteiger partial charge on any atom is 0.263 e. The lowest BCUT2D eigenvalue weighted by atomic mass is 10.2. The second kappa shape index (κ2) is 10.9. The molecule has 162 valence electrons. The van der Waals surface area contributed by atoms with E-state index in [1.165, 1.54) is 18.2 Å². The predicted octanol–water partition coefficient (Wildman–Crippen LogP) is 5.46. The number of hydrogen-bond donors (Lipinski definition) is 2. The summed E-state index contributed by atoms with van der Waals surface area (Å²) in [6.07, 6.45) is 0. The first-order valence-corrected chi connectivity index (χ1v) is 12.7. The van der Waals surface area contributed by atoms with Crippen LogP contribution in [0.5, 0.6) is 0 Å². The van der Waals surface area contributed by atoms with Gasteiger partial charge in [-0.3, -0.25) is 9.52 Å². The summed E-state index contributed by atoms with van der Waals surface area (Å²) in [5.41, 5.74) is 1.74. The minimum Gasteiger partial charge on any atom is -0.351 e. The fourth-order valence-electron chi connectivity index (χ4n) is 2.72. The van der Waals surface area contributed by atoms with E-state index in [1.54, 1.807) is 42.1 Å². The molecule has 3 aromatic carbocycles. The molecule has 0 spiro atoms. The number of hydrogen-bond acceptors (Lipinski definition) is 4. The summed E-state index contributed by atoms with van der Waals surface area (Å²) in [4.78, 5) is 12.3. The van der Waals surface area contributed by atoms with Gasteiger partial charge in [0.05, 0.1) is 5.02 Å². The van der Waals surface area contributed by atoms with Crippen LogP contribution in [0.2, 0.25) is 10.0 Å². The Morgan fingerprint density at radius 2 is 1.71 bits per heavy atom. The van der Waals surface area contributed by atoms with Gasteiger partial charge in [-0.25, -0.2) is 8.42 Å². The van der Waals surface area contributed by atoms with Crippen LogP contribution < -0.4 is 10.0 Å². The number of carbonyl (C=O) groups excluding carboxylic acids is 1. The molecule has 0 saturated carbocycles. The Bertz CT molecular complexity index is 1160. The van der Waals surface area contributed by atoms with Crippen molar-refractivity contribution in [1.29, 1.82) is 0 Å². The molecule has 2 N–H and O–H groups in total. The normalized spacial score (nSPS) is 11.2. The number of nitrogens with one attached hydrogen (secondary N) is 2. The molecule has 0 bridgehead atoms. The van der Waals surface area contributed by atoms with Gasteiger partial charge < -0.3 is 5.32 Å². The Labute approximate surface area is 196 Å². The Balaban J connectivity index is 1.58. The zero-order chi connectivity index (χ0) is 22.3. The second-order valence-corrected chi connectivity index (χ2v) is 10.2. The smallest absolute Gasteiger partial charge is 0.263 e. The Morgan fingerprint density at radius 1 is 0.935 bits per heavy atom. The molecule has 0 aliphatic heterocycles. The summed E-state index contributed by atoms with van der Waals surface area (Å²) in [5, 5.41) is 3.54. The van der Waals surface area contributed by atoms with Crippen LogP contribution in [0.15, 0.2) is 77.7 Å². The second-order valence-electron chi connectivity index (χ2n) is 6.56. The molecule has 0 unspecified atom stereocenters. The largest absolute Gasteiger partial charge is 0.351 e. The third kappa shape index (κ3) is 6.90. The molecule has 0 saturated heterocycles. The molecule has 0 aliphatic carbocycles. The minimum absolute atomic E-state index is 0.0389. The molecule has 0 atom stereocenters. The quantitative estimate of drug-likeness (QED) is 0.387. The van der Waals surface area contributed by atoms with Crippen molar-refractivity contribution in [3.63, 3.8) is 0 Å². The molecular weight excluding hydrogens is 475 g/mol. The van der Waals surface area contributed by atoms with E-state index >= 15 is 0 Å². The topological polar surface area (TPSA) is 75.3 Å². The fourth-order valence-corrected chi connectivity index (χ4v) is 5.33. The van der Waals surface area contributed by atoms with E-state index in [9.17, 15) is 13.2 Å². The molecule has 5 nitrogen and oxygen atoms in total. The highest BCUT2D eigenvalue weighted by molar-refractivity contribution is 7.98. The molecule has 3 aromatic rings. The van der Waals surface area contributed by atoms with E-state index in [1.807, 2.05) is 24.3 Å². The van der Waals surface area contributed by atoms with Gasteiger partial charge in [0.15, 0.2) is 0 Å². The van der Waals surface area contributed by atoms with Gasteiger partial charge in [0.2, 0.25) is 0 Å². The van der Waals surface area contributed by atoms with Crippen LogP contribution in [0.1, 0.15) is 15.9 Å². The lowest BCUT2D eigenvalue weighted by molar-refractivity contribution is 0.0956. The number of thioether (sulfide) groups is 1. The molecule has 0 aliphatic rings. The molecule has 0 fully saturated rings. The SMILES string of the molecule is O=C(NCCSCc1cccc(Cl)c1)c1ccc(Cl)c(S(=O)(=O)Nc2ccccc2)c1. The Kier molecular flexibility index (Phi) is 8.26. The number of carbonyl (C=O) groups is 1. The first kappa shape index (κ1) is 23.5. The van der Waals surface area contributed by atoms with E-state index in [0.29, 0.717) is 23.0 Å². The van der Waals surface area contributed by atoms with Crippen LogP contribution in [0, 0.1) is 0 Å². The van der Waals surface area contributed by atoms with Crippen molar-refractivity contribution in [2.45, 2.75) is 10.6 Å². The maximum atomic E-state index is 12.7. The first-order chi connectivity index (χ1) is 14.8. The maximum absolute atomic E-state index is 12.7. The number of halogens is 2. The highest BCUT2D eigenvalue weighted by Crippen LogP contribution is 2.25. The molecule has 31 heavy (non-hydrogen) atoms. The Morgan fingerprint density at radius 3 is 2.45 bits per heavy atom. The van der Waals surface area contributed by atoms with E-state index in [-0.39, 0.29) is 21.4 Å². The van der Waals surface area contributed by atoms with Crippen molar-refractivity contribution < 1.29 is 13.2 Å². The molecule has 0 heterocycles. The van der Waals surface area contributed by atoms with Crippen LogP contribution in [-0.2, 0) is 15.8 Å². The first-order valence-electron chi connectivity index (χ1n) is 9.33. The van der Waals surface area contributed by atoms with E-state index in [0.717, 1.165) is 11.3 Å². The van der Waals surface area contributed by atoms with Crippen molar-refractivity contribution in [2.75, 3.05) is 17.0 Å². The van der Waals surface area contributed by atoms with Gasteiger partial charge in [0.1, 0.15) is 4.90 Å². The summed E-state index contributed by atoms with van der Waals surface area (Å²) in [5.74, 6) is 1.12. The Hall–Kier alpha value is -2.19. The average Bonchev–Trinajstić information content (AvgIpc) is 2.74. The molecular formula is C22H20Cl2N2O3S2. The zero-order valence-corrected chi connectivity index (χ0v) is 19.5. The van der Waals surface area contributed by atoms with Crippen LogP contribution >= 0.6 is 35.0 Å². The number of rotatable bonds is 9. The predicted molar refractivity (Wildman–Crippen MR) is 129 cm³/mol. The van der Waals surface area contributed by atoms with Gasteiger partial charge in [0, 0.05) is 34.3 Å². The zero-order valence-electron chi connectivity index (χ0n) is 16.3. The highest BCUT2D eigenvalue weighted by Gasteiger charge is 2.20. The molecule has 9 heteroatoms. The van der Waals surface area contributed by atoms with Crippen molar-refractivity contribution in [3.05, 3.63) is 94.0 Å². The standard InChI is InChI=1S/C22H20Cl2N2O3S2/c23-18-6-4-5-16(13-18)15-30-12-11-25-22(27)17-9-10-20(24)21(14-17)31(28,29)26-19-7-2-1-3-8-19/h1-10,13-14,26H,11-12,15H2,(H,25,27). The lowest BCUT2D eigenvalue weighted by Crippen LogP contribution is -2.26. The van der Waals surface area contributed by atoms with E-state index < -0.39 is 10.0 Å². The number of anilines is 1. The number of amides is 1. The molecule has 1 amide bonds. The molecule has 0 aromatic heterocycles. The van der Waals surface area contributed by atoms with Gasteiger partial charge in [-0.1, -0.05) is 53.5 Å². The summed E-state index contributed by atoms with van der Waals surface area (Å²) in [6.45, 7) is 0.442. The van der Waals surface area contributed by atoms with Gasteiger partial charge in [-0.05, 0) is 48.0 Å². The number of benzene rings is 3. The van der Waals surface area contributed by atoms with Crippen LogP contribution in [0.3, 0.4) is 0 Å². The average molecular weight is 495 g/mol.